The molecule has 2 rings (SSSR count). The van der Waals surface area contributed by atoms with Crippen molar-refractivity contribution in [2.45, 2.75) is 38.6 Å². The number of nitrogens with one attached hydrogen (secondary N) is 1. The van der Waals surface area contributed by atoms with Gasteiger partial charge >= 0.3 is 5.97 Å². The van der Waals surface area contributed by atoms with E-state index in [9.17, 15) is 4.79 Å². The Bertz CT molecular complexity index is 447. The van der Waals surface area contributed by atoms with Crippen LogP contribution in [0.5, 0.6) is 0 Å². The van der Waals surface area contributed by atoms with E-state index in [4.69, 9.17) is 16.7 Å². The Morgan fingerprint density at radius 1 is 1.61 bits per heavy atom. The van der Waals surface area contributed by atoms with Crippen LogP contribution in [0, 0.1) is 5.92 Å². The number of pyridine rings is 1. The van der Waals surface area contributed by atoms with Crippen LogP contribution in [0.25, 0.3) is 0 Å². The topological polar surface area (TPSA) is 62.2 Å². The van der Waals surface area contributed by atoms with E-state index in [0.29, 0.717) is 11.9 Å². The second-order valence-electron chi connectivity index (χ2n) is 4.76. The lowest BCUT2D eigenvalue weighted by molar-refractivity contribution is 0.0691. The minimum atomic E-state index is -1.10. The number of aromatic carboxylic acids is 1. The van der Waals surface area contributed by atoms with Crippen molar-refractivity contribution >= 4 is 23.4 Å². The summed E-state index contributed by atoms with van der Waals surface area (Å²) in [4.78, 5) is 15.0. The average molecular weight is 269 g/mol. The Hall–Kier alpha value is -1.29. The predicted octanol–water partition coefficient (Wildman–Crippen LogP) is 3.42. The van der Waals surface area contributed by atoms with Crippen LogP contribution in [-0.2, 0) is 0 Å². The van der Waals surface area contributed by atoms with Gasteiger partial charge in [-0.15, -0.1) is 0 Å². The van der Waals surface area contributed by atoms with Gasteiger partial charge in [-0.3, -0.25) is 0 Å². The number of nitrogens with zero attached hydrogens (tertiary/aromatic N) is 1. The molecule has 18 heavy (non-hydrogen) atoms. The summed E-state index contributed by atoms with van der Waals surface area (Å²) in [5.41, 5.74) is -0.0945. The van der Waals surface area contributed by atoms with Gasteiger partial charge < -0.3 is 10.4 Å². The molecule has 1 heterocycles. The molecule has 0 amide bonds. The van der Waals surface area contributed by atoms with Gasteiger partial charge in [0.05, 0.1) is 5.02 Å². The summed E-state index contributed by atoms with van der Waals surface area (Å²) in [5.74, 6) is 0.317. The number of carboxylic acids is 1. The van der Waals surface area contributed by atoms with Crippen LogP contribution in [0.15, 0.2) is 12.1 Å². The van der Waals surface area contributed by atoms with Gasteiger partial charge in [-0.1, -0.05) is 31.4 Å². The highest BCUT2D eigenvalue weighted by atomic mass is 35.5. The standard InChI is InChI=1S/C13H17ClN2O2/c1-2-9(7-8-3-4-8)15-11-6-5-10(14)12(16-11)13(17)18/h5-6,8-9H,2-4,7H2,1H3,(H,15,16)(H,17,18). The Morgan fingerprint density at radius 2 is 2.33 bits per heavy atom. The molecule has 1 fully saturated rings. The van der Waals surface area contributed by atoms with Gasteiger partial charge in [-0.05, 0) is 30.9 Å². The molecule has 1 aliphatic carbocycles. The summed E-state index contributed by atoms with van der Waals surface area (Å²) in [6, 6.07) is 3.65. The van der Waals surface area contributed by atoms with Crippen LogP contribution in [0.4, 0.5) is 5.82 Å². The number of anilines is 1. The van der Waals surface area contributed by atoms with Crippen LogP contribution in [-0.4, -0.2) is 22.1 Å². The third-order valence-corrected chi connectivity index (χ3v) is 3.51. The molecule has 0 radical (unpaired) electrons. The zero-order valence-corrected chi connectivity index (χ0v) is 11.1. The van der Waals surface area contributed by atoms with E-state index in [0.717, 1.165) is 18.8 Å². The van der Waals surface area contributed by atoms with E-state index in [1.165, 1.54) is 12.8 Å². The summed E-state index contributed by atoms with van der Waals surface area (Å²) in [6.45, 7) is 2.12. The van der Waals surface area contributed by atoms with E-state index < -0.39 is 5.97 Å². The summed E-state index contributed by atoms with van der Waals surface area (Å²) in [5, 5.41) is 12.4. The number of aromatic nitrogens is 1. The first-order chi connectivity index (χ1) is 8.60. The molecule has 0 aromatic carbocycles. The van der Waals surface area contributed by atoms with E-state index in [2.05, 4.69) is 17.2 Å². The molecule has 2 N–H and O–H groups in total. The van der Waals surface area contributed by atoms with Gasteiger partial charge in [0.25, 0.3) is 0 Å². The number of carbonyl (C=O) groups is 1. The van der Waals surface area contributed by atoms with Crippen molar-refractivity contribution in [3.05, 3.63) is 22.8 Å². The third-order valence-electron chi connectivity index (χ3n) is 3.21. The van der Waals surface area contributed by atoms with Gasteiger partial charge in [0, 0.05) is 6.04 Å². The Kier molecular flexibility index (Phi) is 4.07. The first kappa shape index (κ1) is 13.1. The molecular weight excluding hydrogens is 252 g/mol. The maximum absolute atomic E-state index is 10.9. The van der Waals surface area contributed by atoms with Crippen molar-refractivity contribution < 1.29 is 9.90 Å². The van der Waals surface area contributed by atoms with Gasteiger partial charge in [-0.2, -0.15) is 0 Å². The molecule has 1 saturated carbocycles. The highest BCUT2D eigenvalue weighted by Gasteiger charge is 2.25. The molecule has 0 bridgehead atoms. The molecule has 1 atom stereocenters. The smallest absolute Gasteiger partial charge is 0.356 e. The largest absolute Gasteiger partial charge is 0.476 e. The maximum atomic E-state index is 10.9. The first-order valence-corrected chi connectivity index (χ1v) is 6.64. The van der Waals surface area contributed by atoms with Crippen molar-refractivity contribution in [3.63, 3.8) is 0 Å². The summed E-state index contributed by atoms with van der Waals surface area (Å²) in [6.07, 6.45) is 4.76. The number of halogens is 1. The van der Waals surface area contributed by atoms with Crippen LogP contribution >= 0.6 is 11.6 Å². The number of carboxylic acid groups (broad SMARTS) is 1. The molecule has 98 valence electrons. The molecule has 5 heteroatoms. The number of hydrogen-bond acceptors (Lipinski definition) is 3. The lowest BCUT2D eigenvalue weighted by Gasteiger charge is -2.17. The van der Waals surface area contributed by atoms with Gasteiger partial charge in [-0.25, -0.2) is 9.78 Å². The quantitative estimate of drug-likeness (QED) is 0.830. The monoisotopic (exact) mass is 268 g/mol. The second-order valence-corrected chi connectivity index (χ2v) is 5.17. The minimum Gasteiger partial charge on any atom is -0.476 e. The van der Waals surface area contributed by atoms with Crippen LogP contribution < -0.4 is 5.32 Å². The van der Waals surface area contributed by atoms with Crippen LogP contribution in [0.2, 0.25) is 5.02 Å². The van der Waals surface area contributed by atoms with E-state index in [-0.39, 0.29) is 10.7 Å². The highest BCUT2D eigenvalue weighted by Crippen LogP contribution is 2.34. The fourth-order valence-electron chi connectivity index (χ4n) is 1.97. The fraction of sp³-hybridized carbons (Fsp3) is 0.538. The Morgan fingerprint density at radius 3 is 2.89 bits per heavy atom. The fourth-order valence-corrected chi connectivity index (χ4v) is 2.15. The SMILES string of the molecule is CCC(CC1CC1)Nc1ccc(Cl)c(C(=O)O)n1. The molecule has 0 saturated heterocycles. The molecule has 4 nitrogen and oxygen atoms in total. The first-order valence-electron chi connectivity index (χ1n) is 6.26. The lowest BCUT2D eigenvalue weighted by Crippen LogP contribution is -2.20. The normalized spacial score (nSPS) is 16.3. The molecule has 1 aromatic heterocycles. The van der Waals surface area contributed by atoms with Gasteiger partial charge in [0.15, 0.2) is 5.69 Å². The maximum Gasteiger partial charge on any atom is 0.356 e. The average Bonchev–Trinajstić information content (AvgIpc) is 3.14. The molecule has 0 spiro atoms. The summed E-state index contributed by atoms with van der Waals surface area (Å²) < 4.78 is 0. The van der Waals surface area contributed by atoms with E-state index in [1.807, 2.05) is 0 Å². The lowest BCUT2D eigenvalue weighted by atomic mass is 10.1. The van der Waals surface area contributed by atoms with Crippen molar-refractivity contribution in [2.75, 3.05) is 5.32 Å². The predicted molar refractivity (Wildman–Crippen MR) is 71.2 cm³/mol. The van der Waals surface area contributed by atoms with Crippen molar-refractivity contribution in [1.29, 1.82) is 0 Å². The second kappa shape index (κ2) is 5.57. The minimum absolute atomic E-state index is 0.0945. The number of hydrogen-bond donors (Lipinski definition) is 2. The van der Waals surface area contributed by atoms with Crippen LogP contribution in [0.3, 0.4) is 0 Å². The van der Waals surface area contributed by atoms with Gasteiger partial charge in [0.1, 0.15) is 5.82 Å². The zero-order chi connectivity index (χ0) is 13.1. The third kappa shape index (κ3) is 3.35. The van der Waals surface area contributed by atoms with Crippen molar-refractivity contribution in [2.24, 2.45) is 5.92 Å². The van der Waals surface area contributed by atoms with Crippen molar-refractivity contribution in [3.8, 4) is 0 Å². The summed E-state index contributed by atoms with van der Waals surface area (Å²) in [7, 11) is 0. The van der Waals surface area contributed by atoms with Crippen molar-refractivity contribution in [1.82, 2.24) is 4.98 Å². The number of rotatable bonds is 6. The highest BCUT2D eigenvalue weighted by molar-refractivity contribution is 6.33. The van der Waals surface area contributed by atoms with Gasteiger partial charge in [0.2, 0.25) is 0 Å². The molecule has 1 unspecified atom stereocenters. The Balaban J connectivity index is 2.07. The summed E-state index contributed by atoms with van der Waals surface area (Å²) >= 11 is 5.78. The molecular formula is C13H17ClN2O2. The zero-order valence-electron chi connectivity index (χ0n) is 10.3. The molecule has 0 aliphatic heterocycles. The Labute approximate surface area is 111 Å². The molecule has 1 aromatic rings. The van der Waals surface area contributed by atoms with E-state index >= 15 is 0 Å². The van der Waals surface area contributed by atoms with E-state index in [1.54, 1.807) is 12.1 Å². The molecule has 1 aliphatic rings. The van der Waals surface area contributed by atoms with Crippen LogP contribution in [0.1, 0.15) is 43.1 Å².